The van der Waals surface area contributed by atoms with Gasteiger partial charge in [0.1, 0.15) is 0 Å². The highest BCUT2D eigenvalue weighted by molar-refractivity contribution is 8.00. The number of thioether (sulfide) groups is 4. The van der Waals surface area contributed by atoms with Crippen molar-refractivity contribution in [1.29, 1.82) is 0 Å². The summed E-state index contributed by atoms with van der Waals surface area (Å²) in [6, 6.07) is 3.64. The lowest BCUT2D eigenvalue weighted by Gasteiger charge is -2.14. The number of fused-ring (bicyclic) bond motifs is 8. The molecule has 7 aromatic rings. The van der Waals surface area contributed by atoms with E-state index < -0.39 is 202 Å². The average Bonchev–Trinajstić information content (AvgIpc) is 4.31. The second-order valence-corrected chi connectivity index (χ2v) is 22.2. The van der Waals surface area contributed by atoms with Crippen molar-refractivity contribution in [3.8, 4) is 44.5 Å². The maximum atomic E-state index is 16.8. The smallest absolute Gasteiger partial charge is 0.176 e. The molecule has 2 aliphatic rings. The zero-order valence-corrected chi connectivity index (χ0v) is 45.1. The van der Waals surface area contributed by atoms with Gasteiger partial charge < -0.3 is 9.97 Å². The third-order valence-corrected chi connectivity index (χ3v) is 17.5. The number of halogens is 16. The molecule has 0 radical (unpaired) electrons. The Morgan fingerprint density at radius 2 is 0.450 bits per heavy atom. The standard InChI is InChI=1S/C56H38F16N4S4/c1-5-17-77-53-45(65)37(57)33(38(58)46(53)66)29-21-9-11-23(73-21)30(34-39(59)47(67)54(78-18-6-2)48(68)40(34)60)25-13-15-27(75-25)32(36-43(63)51(71)56(80-20-8-4)52(72)44(36)64)28-16-14-26(76-28)31(24-12-10-22(29)74-24)35-41(61)49(69)55(79-19-7-3)50(70)42(35)62/h9-16,73,76H,5-8,17-20H2,1-4H3. The van der Waals surface area contributed by atoms with E-state index in [1.54, 1.807) is 27.7 Å². The van der Waals surface area contributed by atoms with Crippen molar-refractivity contribution in [2.45, 2.75) is 73.0 Å². The van der Waals surface area contributed by atoms with Gasteiger partial charge >= 0.3 is 0 Å². The van der Waals surface area contributed by atoms with Crippen LogP contribution in [-0.4, -0.2) is 42.9 Å². The predicted octanol–water partition coefficient (Wildman–Crippen LogP) is 19.6. The number of benzene rings is 4. The minimum atomic E-state index is -2.03. The molecule has 3 aromatic heterocycles. The Labute approximate surface area is 462 Å². The largest absolute Gasteiger partial charge is 0.354 e. The molecule has 0 amide bonds. The number of aromatic nitrogens is 4. The van der Waals surface area contributed by atoms with Crippen LogP contribution in [0.4, 0.5) is 70.2 Å². The van der Waals surface area contributed by atoms with Crippen LogP contribution in [0.25, 0.3) is 90.9 Å². The summed E-state index contributed by atoms with van der Waals surface area (Å²) in [6.45, 7) is 6.45. The molecule has 418 valence electrons. The summed E-state index contributed by atoms with van der Waals surface area (Å²) in [4.78, 5) is 9.55. The molecule has 0 aliphatic carbocycles. The number of rotatable bonds is 16. The summed E-state index contributed by atoms with van der Waals surface area (Å²) in [5.41, 5.74) is -15.3. The van der Waals surface area contributed by atoms with Crippen LogP contribution in [0.3, 0.4) is 0 Å². The highest BCUT2D eigenvalue weighted by atomic mass is 32.2. The van der Waals surface area contributed by atoms with E-state index in [4.69, 9.17) is 0 Å². The normalized spacial score (nSPS) is 12.2. The fourth-order valence-electron chi connectivity index (χ4n) is 8.91. The summed E-state index contributed by atoms with van der Waals surface area (Å²) < 4.78 is 263. The molecular weight excluding hydrogens is 1160 g/mol. The lowest BCUT2D eigenvalue weighted by atomic mass is 10.0. The van der Waals surface area contributed by atoms with Gasteiger partial charge in [-0.2, -0.15) is 0 Å². The summed E-state index contributed by atoms with van der Waals surface area (Å²) >= 11 is 1.70. The second kappa shape index (κ2) is 23.7. The van der Waals surface area contributed by atoms with Gasteiger partial charge in [-0.1, -0.05) is 27.7 Å². The molecule has 0 saturated carbocycles. The zero-order valence-electron chi connectivity index (χ0n) is 41.9. The fourth-order valence-corrected chi connectivity index (χ4v) is 12.3. The number of H-pyrrole nitrogens is 2. The van der Waals surface area contributed by atoms with Gasteiger partial charge in [-0.3, -0.25) is 0 Å². The summed E-state index contributed by atoms with van der Waals surface area (Å²) in [6.07, 6.45) is 4.69. The van der Waals surface area contributed by atoms with Crippen molar-refractivity contribution in [2.24, 2.45) is 0 Å². The van der Waals surface area contributed by atoms with E-state index >= 15 is 70.2 Å². The predicted molar refractivity (Wildman–Crippen MR) is 284 cm³/mol. The monoisotopic (exact) mass is 1200 g/mol. The van der Waals surface area contributed by atoms with Crippen molar-refractivity contribution in [1.82, 2.24) is 19.9 Å². The number of hydrogen-bond donors (Lipinski definition) is 2. The molecule has 4 aromatic carbocycles. The molecule has 4 nitrogen and oxygen atoms in total. The van der Waals surface area contributed by atoms with Crippen molar-refractivity contribution >= 4 is 93.4 Å². The molecule has 8 bridgehead atoms. The van der Waals surface area contributed by atoms with Gasteiger partial charge in [0.05, 0.1) is 64.6 Å². The minimum absolute atomic E-state index is 0.0217. The first-order valence-corrected chi connectivity index (χ1v) is 28.3. The van der Waals surface area contributed by atoms with Crippen LogP contribution in [0.5, 0.6) is 0 Å². The fraction of sp³-hybridized carbons (Fsp3) is 0.214. The van der Waals surface area contributed by atoms with Gasteiger partial charge in [0.25, 0.3) is 0 Å². The van der Waals surface area contributed by atoms with Gasteiger partial charge in [0.2, 0.25) is 0 Å². The van der Waals surface area contributed by atoms with E-state index in [2.05, 4.69) is 19.9 Å². The van der Waals surface area contributed by atoms with Crippen molar-refractivity contribution in [3.63, 3.8) is 0 Å². The Bertz CT molecular complexity index is 3340. The first-order chi connectivity index (χ1) is 38.2. The highest BCUT2D eigenvalue weighted by Gasteiger charge is 2.35. The van der Waals surface area contributed by atoms with E-state index in [0.717, 1.165) is 48.6 Å². The molecular formula is C56H38F16N4S4. The van der Waals surface area contributed by atoms with Gasteiger partial charge in [0.15, 0.2) is 93.1 Å². The van der Waals surface area contributed by atoms with E-state index in [9.17, 15) is 0 Å². The molecule has 80 heavy (non-hydrogen) atoms. The average molecular weight is 1200 g/mol. The summed E-state index contributed by atoms with van der Waals surface area (Å²) in [5, 5.41) is 0. The van der Waals surface area contributed by atoms with Crippen molar-refractivity contribution in [2.75, 3.05) is 23.0 Å². The van der Waals surface area contributed by atoms with Crippen molar-refractivity contribution < 1.29 is 70.2 Å². The lowest BCUT2D eigenvalue weighted by molar-refractivity contribution is 0.430. The number of nitrogens with zero attached hydrogens (tertiary/aromatic N) is 2. The Hall–Kier alpha value is -6.24. The molecule has 5 heterocycles. The lowest BCUT2D eigenvalue weighted by Crippen LogP contribution is -2.05. The van der Waals surface area contributed by atoms with E-state index in [1.165, 1.54) is 0 Å². The quantitative estimate of drug-likeness (QED) is 0.0571. The third kappa shape index (κ3) is 9.98. The van der Waals surface area contributed by atoms with Crippen LogP contribution >= 0.6 is 47.0 Å². The molecule has 2 aliphatic heterocycles. The number of aromatic amines is 2. The summed E-state index contributed by atoms with van der Waals surface area (Å²) in [7, 11) is 0. The molecule has 0 spiro atoms. The Balaban J connectivity index is 1.55. The van der Waals surface area contributed by atoms with E-state index in [0.29, 0.717) is 47.0 Å². The molecule has 0 saturated heterocycles. The van der Waals surface area contributed by atoms with Gasteiger partial charge in [-0.25, -0.2) is 80.2 Å². The van der Waals surface area contributed by atoms with Crippen molar-refractivity contribution in [3.05, 3.63) is 140 Å². The van der Waals surface area contributed by atoms with Crippen LogP contribution in [0.1, 0.15) is 76.2 Å². The zero-order chi connectivity index (χ0) is 57.8. The molecule has 0 unspecified atom stereocenters. The van der Waals surface area contributed by atoms with Crippen LogP contribution < -0.4 is 0 Å². The van der Waals surface area contributed by atoms with Crippen LogP contribution in [0, 0.1) is 93.1 Å². The molecule has 0 fully saturated rings. The summed E-state index contributed by atoms with van der Waals surface area (Å²) in [5.74, 6) is -31.6. The second-order valence-electron chi connectivity index (χ2n) is 17.7. The van der Waals surface area contributed by atoms with Crippen LogP contribution in [0.2, 0.25) is 0 Å². The molecule has 24 heteroatoms. The molecule has 9 rings (SSSR count). The first-order valence-electron chi connectivity index (χ1n) is 24.4. The van der Waals surface area contributed by atoms with Crippen LogP contribution in [-0.2, 0) is 0 Å². The van der Waals surface area contributed by atoms with E-state index in [1.807, 2.05) is 0 Å². The van der Waals surface area contributed by atoms with Gasteiger partial charge in [0, 0.05) is 44.3 Å². The molecule has 2 N–H and O–H groups in total. The maximum absolute atomic E-state index is 16.8. The first kappa shape index (κ1) is 58.4. The van der Waals surface area contributed by atoms with Gasteiger partial charge in [-0.05, 0) is 97.3 Å². The van der Waals surface area contributed by atoms with Crippen LogP contribution in [0.15, 0.2) is 43.8 Å². The Kier molecular flexibility index (Phi) is 17.3. The number of nitrogens with one attached hydrogen (secondary N) is 2. The Morgan fingerprint density at radius 1 is 0.275 bits per heavy atom. The number of hydrogen-bond acceptors (Lipinski definition) is 6. The third-order valence-electron chi connectivity index (χ3n) is 12.4. The van der Waals surface area contributed by atoms with E-state index in [-0.39, 0.29) is 48.7 Å². The highest BCUT2D eigenvalue weighted by Crippen LogP contribution is 2.47. The Morgan fingerprint density at radius 3 is 0.613 bits per heavy atom. The minimum Gasteiger partial charge on any atom is -0.354 e. The van der Waals surface area contributed by atoms with Gasteiger partial charge in [-0.15, -0.1) is 47.0 Å². The SMILES string of the molecule is CCCSc1c(F)c(F)c(-c2c3nc(c(-c4c(F)c(F)c(SCCC)c(F)c4F)c4ccc([nH]4)c(-c4c(F)c(F)c(SCCC)c(F)c4F)c4nc(c(-c5c(F)c(F)c(SCCC)c(F)c5F)c5ccc2[nH]5)C=C4)C=C3)c(F)c1F. The topological polar surface area (TPSA) is 57.4 Å². The molecule has 0 atom stereocenters. The maximum Gasteiger partial charge on any atom is 0.176 e.